The molecule has 0 amide bonds. The molecule has 0 bridgehead atoms. The molecule has 0 radical (unpaired) electrons. The Bertz CT molecular complexity index is 1140. The van der Waals surface area contributed by atoms with E-state index in [4.69, 9.17) is 14.2 Å². The number of carbonyl (C=O) groups is 4. The molecule has 0 aliphatic heterocycles. The molecule has 0 aliphatic carbocycles. The van der Waals surface area contributed by atoms with Crippen molar-refractivity contribution >= 4 is 23.7 Å². The van der Waals surface area contributed by atoms with Crippen LogP contribution in [-0.4, -0.2) is 23.7 Å². The first-order valence-corrected chi connectivity index (χ1v) is 9.71. The van der Waals surface area contributed by atoms with Gasteiger partial charge in [-0.25, -0.2) is 4.79 Å². The van der Waals surface area contributed by atoms with Gasteiger partial charge in [0.25, 0.3) is 0 Å². The first-order chi connectivity index (χ1) is 15.3. The fourth-order valence-electron chi connectivity index (χ4n) is 2.94. The minimum Gasteiger partial charge on any atom is -0.445 e. The second-order valence-electron chi connectivity index (χ2n) is 6.78. The van der Waals surface area contributed by atoms with Crippen molar-refractivity contribution in [3.05, 3.63) is 95.6 Å². The van der Waals surface area contributed by atoms with E-state index >= 15 is 0 Å². The SMILES string of the molecule is CC(=O)Oc1ccc(C(=O)OC(C(=O)c2ccccc2)c2ccccc2)cc1OC(C)=O. The molecule has 0 aromatic heterocycles. The van der Waals surface area contributed by atoms with Crippen molar-refractivity contribution in [1.82, 2.24) is 0 Å². The fraction of sp³-hybridized carbons (Fsp3) is 0.120. The van der Waals surface area contributed by atoms with Crippen molar-refractivity contribution in [3.8, 4) is 11.5 Å². The number of esters is 3. The van der Waals surface area contributed by atoms with Crippen LogP contribution in [0.25, 0.3) is 0 Å². The van der Waals surface area contributed by atoms with Crippen LogP contribution < -0.4 is 9.47 Å². The van der Waals surface area contributed by atoms with Crippen molar-refractivity contribution in [2.24, 2.45) is 0 Å². The van der Waals surface area contributed by atoms with Crippen LogP contribution in [0.1, 0.15) is 46.2 Å². The second-order valence-corrected chi connectivity index (χ2v) is 6.78. The van der Waals surface area contributed by atoms with Crippen LogP contribution in [0.2, 0.25) is 0 Å². The minimum atomic E-state index is -1.18. The molecule has 0 aliphatic rings. The Morgan fingerprint density at radius 2 is 1.22 bits per heavy atom. The summed E-state index contributed by atoms with van der Waals surface area (Å²) in [4.78, 5) is 48.7. The monoisotopic (exact) mass is 432 g/mol. The molecule has 3 aromatic rings. The van der Waals surface area contributed by atoms with Gasteiger partial charge in [-0.05, 0) is 18.2 Å². The van der Waals surface area contributed by atoms with E-state index in [9.17, 15) is 19.2 Å². The fourth-order valence-corrected chi connectivity index (χ4v) is 2.94. The number of benzene rings is 3. The van der Waals surface area contributed by atoms with E-state index < -0.39 is 24.0 Å². The van der Waals surface area contributed by atoms with Gasteiger partial charge in [0, 0.05) is 25.0 Å². The summed E-state index contributed by atoms with van der Waals surface area (Å²) < 4.78 is 15.6. The van der Waals surface area contributed by atoms with Gasteiger partial charge < -0.3 is 14.2 Å². The van der Waals surface area contributed by atoms with Crippen molar-refractivity contribution in [1.29, 1.82) is 0 Å². The summed E-state index contributed by atoms with van der Waals surface area (Å²) in [6, 6.07) is 21.0. The van der Waals surface area contributed by atoms with Crippen LogP contribution in [0.15, 0.2) is 78.9 Å². The van der Waals surface area contributed by atoms with Crippen molar-refractivity contribution in [3.63, 3.8) is 0 Å². The van der Waals surface area contributed by atoms with Gasteiger partial charge in [0.05, 0.1) is 5.56 Å². The molecule has 0 N–H and O–H groups in total. The van der Waals surface area contributed by atoms with Crippen LogP contribution in [0.5, 0.6) is 11.5 Å². The minimum absolute atomic E-state index is 0.0129. The third-order valence-corrected chi connectivity index (χ3v) is 4.31. The van der Waals surface area contributed by atoms with Gasteiger partial charge in [-0.2, -0.15) is 0 Å². The molecule has 7 nitrogen and oxygen atoms in total. The summed E-state index contributed by atoms with van der Waals surface area (Å²) in [5.74, 6) is -2.62. The Hall–Kier alpha value is -4.26. The third kappa shape index (κ3) is 5.66. The van der Waals surface area contributed by atoms with E-state index in [0.29, 0.717) is 11.1 Å². The zero-order valence-corrected chi connectivity index (χ0v) is 17.4. The van der Waals surface area contributed by atoms with Gasteiger partial charge in [0.1, 0.15) is 0 Å². The molecule has 0 spiro atoms. The molecule has 1 atom stereocenters. The molecule has 3 aromatic carbocycles. The molecule has 7 heteroatoms. The molecular weight excluding hydrogens is 412 g/mol. The maximum atomic E-state index is 13.1. The highest BCUT2D eigenvalue weighted by Gasteiger charge is 2.27. The molecule has 0 heterocycles. The van der Waals surface area contributed by atoms with E-state index in [1.54, 1.807) is 60.7 Å². The number of ether oxygens (including phenoxy) is 3. The number of hydrogen-bond acceptors (Lipinski definition) is 7. The highest BCUT2D eigenvalue weighted by Crippen LogP contribution is 2.30. The van der Waals surface area contributed by atoms with Crippen LogP contribution in [0.4, 0.5) is 0 Å². The predicted molar refractivity (Wildman–Crippen MR) is 114 cm³/mol. The molecule has 3 rings (SSSR count). The summed E-state index contributed by atoms with van der Waals surface area (Å²) in [6.07, 6.45) is -1.18. The largest absolute Gasteiger partial charge is 0.445 e. The smallest absolute Gasteiger partial charge is 0.339 e. The van der Waals surface area contributed by atoms with Crippen molar-refractivity contribution in [2.45, 2.75) is 20.0 Å². The lowest BCUT2D eigenvalue weighted by atomic mass is 9.99. The summed E-state index contributed by atoms with van der Waals surface area (Å²) in [7, 11) is 0. The predicted octanol–water partition coefficient (Wildman–Crippen LogP) is 4.32. The molecular formula is C25H20O7. The highest BCUT2D eigenvalue weighted by atomic mass is 16.6. The quantitative estimate of drug-likeness (QED) is 0.312. The van der Waals surface area contributed by atoms with Crippen molar-refractivity contribution < 1.29 is 33.4 Å². The maximum Gasteiger partial charge on any atom is 0.339 e. The van der Waals surface area contributed by atoms with Crippen LogP contribution in [0, 0.1) is 0 Å². The number of hydrogen-bond donors (Lipinski definition) is 0. The van der Waals surface area contributed by atoms with Crippen LogP contribution in [-0.2, 0) is 14.3 Å². The second kappa shape index (κ2) is 10.2. The summed E-state index contributed by atoms with van der Waals surface area (Å²) in [6.45, 7) is 2.37. The van der Waals surface area contributed by atoms with E-state index in [1.807, 2.05) is 0 Å². The van der Waals surface area contributed by atoms with E-state index in [-0.39, 0.29) is 22.8 Å². The number of rotatable bonds is 7. The Morgan fingerprint density at radius 1 is 0.656 bits per heavy atom. The average molecular weight is 432 g/mol. The van der Waals surface area contributed by atoms with E-state index in [0.717, 1.165) is 0 Å². The topological polar surface area (TPSA) is 96.0 Å². The first-order valence-electron chi connectivity index (χ1n) is 9.71. The number of Topliss-reactive ketones (excluding diaryl/α,β-unsaturated/α-hetero) is 1. The number of ketones is 1. The first kappa shape index (κ1) is 22.4. The Balaban J connectivity index is 1.93. The molecule has 0 saturated heterocycles. The maximum absolute atomic E-state index is 13.1. The zero-order valence-electron chi connectivity index (χ0n) is 17.4. The summed E-state index contributed by atoms with van der Waals surface area (Å²) in [5.41, 5.74) is 0.908. The molecule has 32 heavy (non-hydrogen) atoms. The lowest BCUT2D eigenvalue weighted by Gasteiger charge is -2.18. The normalized spacial score (nSPS) is 11.2. The van der Waals surface area contributed by atoms with Gasteiger partial charge in [0.2, 0.25) is 5.78 Å². The van der Waals surface area contributed by atoms with Gasteiger partial charge >= 0.3 is 17.9 Å². The van der Waals surface area contributed by atoms with E-state index in [1.165, 1.54) is 32.0 Å². The van der Waals surface area contributed by atoms with E-state index in [2.05, 4.69) is 0 Å². The third-order valence-electron chi connectivity index (χ3n) is 4.31. The molecule has 162 valence electrons. The summed E-state index contributed by atoms with van der Waals surface area (Å²) in [5, 5.41) is 0. The molecule has 0 fully saturated rings. The van der Waals surface area contributed by atoms with Gasteiger partial charge in [-0.1, -0.05) is 60.7 Å². The highest BCUT2D eigenvalue weighted by molar-refractivity contribution is 6.02. The lowest BCUT2D eigenvalue weighted by molar-refractivity contribution is -0.134. The number of carbonyl (C=O) groups excluding carboxylic acids is 4. The summed E-state index contributed by atoms with van der Waals surface area (Å²) >= 11 is 0. The van der Waals surface area contributed by atoms with Gasteiger partial charge in [-0.15, -0.1) is 0 Å². The van der Waals surface area contributed by atoms with Gasteiger partial charge in [0.15, 0.2) is 17.6 Å². The molecule has 0 saturated carbocycles. The Morgan fingerprint density at radius 3 is 1.81 bits per heavy atom. The molecule has 1 unspecified atom stereocenters. The van der Waals surface area contributed by atoms with Crippen molar-refractivity contribution in [2.75, 3.05) is 0 Å². The Kier molecular flexibility index (Phi) is 7.13. The Labute approximate surface area is 184 Å². The lowest BCUT2D eigenvalue weighted by Crippen LogP contribution is -2.20. The van der Waals surface area contributed by atoms with Crippen LogP contribution in [0.3, 0.4) is 0 Å². The average Bonchev–Trinajstić information content (AvgIpc) is 2.78. The standard InChI is InChI=1S/C25H20O7/c1-16(26)30-21-14-13-20(15-22(21)31-17(2)27)25(29)32-24(19-11-7-4-8-12-19)23(28)18-9-5-3-6-10-18/h3-15,24H,1-2H3. The van der Waals surface area contributed by atoms with Crippen LogP contribution >= 0.6 is 0 Å². The zero-order chi connectivity index (χ0) is 23.1. The van der Waals surface area contributed by atoms with Gasteiger partial charge in [-0.3, -0.25) is 14.4 Å².